The number of likely N-dealkylation sites (tertiary alicyclic amines) is 1. The van der Waals surface area contributed by atoms with Crippen molar-refractivity contribution in [2.24, 2.45) is 5.92 Å². The molecule has 4 nitrogen and oxygen atoms in total. The standard InChI is InChI=1S/C14H20N2O2/c1-11-8-16(9-13(11)15-2)14(17)18-10-12-6-4-3-5-7-12/h3-7,11,13,15H,8-10H2,1-2H3/t11-,13+/m1/s1. The summed E-state index contributed by atoms with van der Waals surface area (Å²) in [6, 6.07) is 10.1. The minimum Gasteiger partial charge on any atom is -0.445 e. The van der Waals surface area contributed by atoms with Gasteiger partial charge in [-0.2, -0.15) is 0 Å². The van der Waals surface area contributed by atoms with Crippen LogP contribution in [0.5, 0.6) is 0 Å². The van der Waals surface area contributed by atoms with Gasteiger partial charge >= 0.3 is 6.09 Å². The summed E-state index contributed by atoms with van der Waals surface area (Å²) in [4.78, 5) is 13.7. The maximum atomic E-state index is 11.9. The van der Waals surface area contributed by atoms with Gasteiger partial charge in [0, 0.05) is 19.1 Å². The Morgan fingerprint density at radius 2 is 2.11 bits per heavy atom. The van der Waals surface area contributed by atoms with Crippen LogP contribution >= 0.6 is 0 Å². The van der Waals surface area contributed by atoms with Crippen LogP contribution < -0.4 is 5.32 Å². The van der Waals surface area contributed by atoms with E-state index in [0.717, 1.165) is 18.7 Å². The van der Waals surface area contributed by atoms with Gasteiger partial charge in [-0.25, -0.2) is 4.79 Å². The van der Waals surface area contributed by atoms with Crippen molar-refractivity contribution in [1.82, 2.24) is 10.2 Å². The number of carbonyl (C=O) groups is 1. The highest BCUT2D eigenvalue weighted by atomic mass is 16.6. The highest BCUT2D eigenvalue weighted by Crippen LogP contribution is 2.17. The van der Waals surface area contributed by atoms with E-state index in [0.29, 0.717) is 18.6 Å². The molecule has 1 aliphatic heterocycles. The first-order valence-electron chi connectivity index (χ1n) is 6.33. The molecule has 1 aromatic carbocycles. The fraction of sp³-hybridized carbons (Fsp3) is 0.500. The number of ether oxygens (including phenoxy) is 1. The second-order valence-electron chi connectivity index (χ2n) is 4.82. The van der Waals surface area contributed by atoms with Crippen LogP contribution in [0.15, 0.2) is 30.3 Å². The van der Waals surface area contributed by atoms with Crippen LogP contribution in [0.3, 0.4) is 0 Å². The lowest BCUT2D eigenvalue weighted by Crippen LogP contribution is -2.34. The van der Waals surface area contributed by atoms with E-state index in [-0.39, 0.29) is 6.09 Å². The van der Waals surface area contributed by atoms with Crippen molar-refractivity contribution < 1.29 is 9.53 Å². The number of benzene rings is 1. The summed E-state index contributed by atoms with van der Waals surface area (Å²) in [5.41, 5.74) is 1.02. The summed E-state index contributed by atoms with van der Waals surface area (Å²) in [6.07, 6.45) is -0.219. The molecule has 1 heterocycles. The van der Waals surface area contributed by atoms with Gasteiger partial charge in [0.25, 0.3) is 0 Å². The van der Waals surface area contributed by atoms with E-state index >= 15 is 0 Å². The molecule has 1 fully saturated rings. The first-order valence-corrected chi connectivity index (χ1v) is 6.33. The fourth-order valence-corrected chi connectivity index (χ4v) is 2.30. The zero-order valence-corrected chi connectivity index (χ0v) is 10.9. The van der Waals surface area contributed by atoms with Gasteiger partial charge in [-0.05, 0) is 18.5 Å². The molecule has 1 N–H and O–H groups in total. The zero-order valence-electron chi connectivity index (χ0n) is 10.9. The molecule has 0 radical (unpaired) electrons. The van der Waals surface area contributed by atoms with Gasteiger partial charge in [0.2, 0.25) is 0 Å². The molecule has 0 bridgehead atoms. The molecule has 1 aliphatic rings. The first kappa shape index (κ1) is 12.9. The third kappa shape index (κ3) is 3.01. The molecule has 2 rings (SSSR count). The maximum absolute atomic E-state index is 11.9. The van der Waals surface area contributed by atoms with Crippen molar-refractivity contribution in [3.63, 3.8) is 0 Å². The van der Waals surface area contributed by atoms with E-state index in [1.807, 2.05) is 37.4 Å². The average molecular weight is 248 g/mol. The van der Waals surface area contributed by atoms with Crippen molar-refractivity contribution >= 4 is 6.09 Å². The molecule has 98 valence electrons. The molecule has 0 spiro atoms. The predicted molar refractivity (Wildman–Crippen MR) is 70.2 cm³/mol. The van der Waals surface area contributed by atoms with E-state index in [1.54, 1.807) is 4.90 Å². The lowest BCUT2D eigenvalue weighted by molar-refractivity contribution is 0.103. The van der Waals surface area contributed by atoms with Gasteiger partial charge in [-0.15, -0.1) is 0 Å². The molecule has 2 atom stereocenters. The highest BCUT2D eigenvalue weighted by molar-refractivity contribution is 5.68. The van der Waals surface area contributed by atoms with Gasteiger partial charge in [0.05, 0.1) is 0 Å². The second-order valence-corrected chi connectivity index (χ2v) is 4.82. The number of nitrogens with one attached hydrogen (secondary N) is 1. The Kier molecular flexibility index (Phi) is 4.20. The SMILES string of the molecule is CN[C@H]1CN(C(=O)OCc2ccccc2)C[C@H]1C. The molecule has 1 aromatic rings. The zero-order chi connectivity index (χ0) is 13.0. The summed E-state index contributed by atoms with van der Waals surface area (Å²) >= 11 is 0. The van der Waals surface area contributed by atoms with E-state index in [2.05, 4.69) is 12.2 Å². The number of hydrogen-bond donors (Lipinski definition) is 1. The van der Waals surface area contributed by atoms with E-state index in [4.69, 9.17) is 4.74 Å². The monoisotopic (exact) mass is 248 g/mol. The molecular formula is C14H20N2O2. The number of hydrogen-bond acceptors (Lipinski definition) is 3. The molecule has 1 amide bonds. The predicted octanol–water partition coefficient (Wildman–Crippen LogP) is 1.86. The number of carbonyl (C=O) groups excluding carboxylic acids is 1. The minimum atomic E-state index is -0.219. The van der Waals surface area contributed by atoms with Gasteiger partial charge in [-0.3, -0.25) is 0 Å². The molecule has 4 heteroatoms. The van der Waals surface area contributed by atoms with Gasteiger partial charge in [0.1, 0.15) is 6.61 Å². The van der Waals surface area contributed by atoms with E-state index < -0.39 is 0 Å². The number of nitrogens with zero attached hydrogens (tertiary/aromatic N) is 1. The van der Waals surface area contributed by atoms with Crippen molar-refractivity contribution in [2.75, 3.05) is 20.1 Å². The summed E-state index contributed by atoms with van der Waals surface area (Å²) in [6.45, 7) is 3.98. The minimum absolute atomic E-state index is 0.219. The Balaban J connectivity index is 1.82. The van der Waals surface area contributed by atoms with Crippen LogP contribution in [-0.4, -0.2) is 37.2 Å². The Bertz CT molecular complexity index is 394. The molecule has 0 aliphatic carbocycles. The Morgan fingerprint density at radius 3 is 2.72 bits per heavy atom. The number of likely N-dealkylation sites (N-methyl/N-ethyl adjacent to an activating group) is 1. The van der Waals surface area contributed by atoms with Crippen LogP contribution in [-0.2, 0) is 11.3 Å². The van der Waals surface area contributed by atoms with Crippen LogP contribution in [0.1, 0.15) is 12.5 Å². The molecule has 0 unspecified atom stereocenters. The summed E-state index contributed by atoms with van der Waals surface area (Å²) in [5, 5.41) is 3.22. The van der Waals surface area contributed by atoms with Crippen LogP contribution in [0, 0.1) is 5.92 Å². The fourth-order valence-electron chi connectivity index (χ4n) is 2.30. The third-order valence-electron chi connectivity index (χ3n) is 3.45. The number of rotatable bonds is 3. The molecule has 18 heavy (non-hydrogen) atoms. The third-order valence-corrected chi connectivity index (χ3v) is 3.45. The highest BCUT2D eigenvalue weighted by Gasteiger charge is 2.32. The van der Waals surface area contributed by atoms with Crippen molar-refractivity contribution in [3.05, 3.63) is 35.9 Å². The summed E-state index contributed by atoms with van der Waals surface area (Å²) in [5.74, 6) is 0.472. The van der Waals surface area contributed by atoms with Crippen molar-refractivity contribution in [1.29, 1.82) is 0 Å². The van der Waals surface area contributed by atoms with Crippen molar-refractivity contribution in [2.45, 2.75) is 19.6 Å². The van der Waals surface area contributed by atoms with Gasteiger partial charge < -0.3 is 15.0 Å². The first-order chi connectivity index (χ1) is 8.70. The summed E-state index contributed by atoms with van der Waals surface area (Å²) < 4.78 is 5.31. The lowest BCUT2D eigenvalue weighted by Gasteiger charge is -2.16. The largest absolute Gasteiger partial charge is 0.445 e. The number of amides is 1. The van der Waals surface area contributed by atoms with Crippen LogP contribution in [0.25, 0.3) is 0 Å². The van der Waals surface area contributed by atoms with Crippen molar-refractivity contribution in [3.8, 4) is 0 Å². The smallest absolute Gasteiger partial charge is 0.410 e. The Hall–Kier alpha value is -1.55. The van der Waals surface area contributed by atoms with Crippen LogP contribution in [0.4, 0.5) is 4.79 Å². The molecule has 0 aromatic heterocycles. The lowest BCUT2D eigenvalue weighted by atomic mass is 10.1. The van der Waals surface area contributed by atoms with E-state index in [1.165, 1.54) is 0 Å². The second kappa shape index (κ2) is 5.87. The van der Waals surface area contributed by atoms with Gasteiger partial charge in [0.15, 0.2) is 0 Å². The topological polar surface area (TPSA) is 41.6 Å². The quantitative estimate of drug-likeness (QED) is 0.887. The normalized spacial score (nSPS) is 23.1. The Morgan fingerprint density at radius 1 is 1.39 bits per heavy atom. The molecule has 0 saturated carbocycles. The molecule has 1 saturated heterocycles. The van der Waals surface area contributed by atoms with E-state index in [9.17, 15) is 4.79 Å². The average Bonchev–Trinajstić information content (AvgIpc) is 2.78. The Labute approximate surface area is 108 Å². The van der Waals surface area contributed by atoms with Gasteiger partial charge in [-0.1, -0.05) is 37.3 Å². The molecular weight excluding hydrogens is 228 g/mol. The maximum Gasteiger partial charge on any atom is 0.410 e. The van der Waals surface area contributed by atoms with Crippen LogP contribution in [0.2, 0.25) is 0 Å². The summed E-state index contributed by atoms with van der Waals surface area (Å²) in [7, 11) is 1.93.